The third kappa shape index (κ3) is 6.39. The van der Waals surface area contributed by atoms with Crippen molar-refractivity contribution in [1.29, 1.82) is 0 Å². The maximum atomic E-state index is 13.2. The Balaban J connectivity index is 0.000000468. The summed E-state index contributed by atoms with van der Waals surface area (Å²) >= 11 is 0. The van der Waals surface area contributed by atoms with Gasteiger partial charge >= 0.3 is 18.0 Å². The fourth-order valence-corrected chi connectivity index (χ4v) is 4.20. The molecule has 2 aromatic rings. The standard InChI is InChI=1S/C19H24F3N5O3.C7H8/c1-3-12-8-13(9-24-14(12)23)25-15(28)16(29)26-6-7-27(11(2)10-26)17(30)18(4-5-18)19(20,21)22;1-7-5-3-2-4-6-7/h8-9,11H,3-7,10H2,1-2H3,(H2,23,24)(H,25,28);2-6H,1H3. The largest absolute Gasteiger partial charge is 0.403 e. The third-order valence-corrected chi connectivity index (χ3v) is 6.65. The Hall–Kier alpha value is -3.63. The molecule has 1 saturated carbocycles. The predicted octanol–water partition coefficient (Wildman–Crippen LogP) is 3.56. The summed E-state index contributed by atoms with van der Waals surface area (Å²) in [6, 6.07) is 11.3. The molecule has 1 unspecified atom stereocenters. The normalized spacial score (nSPS) is 18.4. The average molecular weight is 520 g/mol. The van der Waals surface area contributed by atoms with Crippen molar-refractivity contribution >= 4 is 29.2 Å². The van der Waals surface area contributed by atoms with Crippen molar-refractivity contribution < 1.29 is 27.6 Å². The number of piperazine rings is 1. The van der Waals surface area contributed by atoms with Gasteiger partial charge < -0.3 is 20.9 Å². The molecule has 0 spiro atoms. The van der Waals surface area contributed by atoms with Crippen LogP contribution in [0.2, 0.25) is 0 Å². The van der Waals surface area contributed by atoms with E-state index in [1.165, 1.54) is 21.6 Å². The lowest BCUT2D eigenvalue weighted by molar-refractivity contribution is -0.201. The van der Waals surface area contributed by atoms with Crippen LogP contribution in [-0.2, 0) is 20.8 Å². The van der Waals surface area contributed by atoms with Crippen LogP contribution in [0.5, 0.6) is 0 Å². The molecular formula is C26H32F3N5O3. The first-order chi connectivity index (χ1) is 17.4. The molecule has 1 atom stereocenters. The van der Waals surface area contributed by atoms with Gasteiger partial charge in [-0.2, -0.15) is 13.2 Å². The fraction of sp³-hybridized carbons (Fsp3) is 0.462. The van der Waals surface area contributed by atoms with E-state index in [0.29, 0.717) is 17.9 Å². The number of amides is 3. The Morgan fingerprint density at radius 2 is 1.81 bits per heavy atom. The van der Waals surface area contributed by atoms with Crippen molar-refractivity contribution in [3.05, 3.63) is 53.7 Å². The molecule has 200 valence electrons. The molecule has 1 aromatic carbocycles. The fourth-order valence-electron chi connectivity index (χ4n) is 4.20. The summed E-state index contributed by atoms with van der Waals surface area (Å²) < 4.78 is 39.7. The zero-order valence-electron chi connectivity index (χ0n) is 21.1. The number of anilines is 2. The minimum Gasteiger partial charge on any atom is -0.383 e. The van der Waals surface area contributed by atoms with Gasteiger partial charge in [0.25, 0.3) is 0 Å². The zero-order chi connectivity index (χ0) is 27.4. The second kappa shape index (κ2) is 11.2. The Morgan fingerprint density at radius 3 is 2.30 bits per heavy atom. The number of nitrogens with zero attached hydrogens (tertiary/aromatic N) is 3. The molecule has 2 heterocycles. The highest BCUT2D eigenvalue weighted by atomic mass is 19.4. The van der Waals surface area contributed by atoms with Gasteiger partial charge in [0.15, 0.2) is 0 Å². The van der Waals surface area contributed by atoms with Crippen LogP contribution in [0.4, 0.5) is 24.7 Å². The van der Waals surface area contributed by atoms with Crippen LogP contribution in [0.3, 0.4) is 0 Å². The van der Waals surface area contributed by atoms with Crippen molar-refractivity contribution in [3.63, 3.8) is 0 Å². The number of aromatic nitrogens is 1. The quantitative estimate of drug-likeness (QED) is 0.603. The van der Waals surface area contributed by atoms with Crippen LogP contribution in [0.25, 0.3) is 0 Å². The summed E-state index contributed by atoms with van der Waals surface area (Å²) in [7, 11) is 0. The van der Waals surface area contributed by atoms with Gasteiger partial charge in [0.05, 0.1) is 11.9 Å². The molecule has 0 radical (unpaired) electrons. The van der Waals surface area contributed by atoms with E-state index in [-0.39, 0.29) is 32.5 Å². The Labute approximate surface area is 214 Å². The van der Waals surface area contributed by atoms with Crippen LogP contribution in [0.1, 0.15) is 37.8 Å². The first-order valence-corrected chi connectivity index (χ1v) is 12.1. The summed E-state index contributed by atoms with van der Waals surface area (Å²) in [6.45, 7) is 5.43. The number of aryl methyl sites for hydroxylation is 2. The molecular weight excluding hydrogens is 487 g/mol. The van der Waals surface area contributed by atoms with Crippen LogP contribution in [0, 0.1) is 12.3 Å². The number of nitrogens with one attached hydrogen (secondary N) is 1. The van der Waals surface area contributed by atoms with Gasteiger partial charge in [0, 0.05) is 25.7 Å². The number of carbonyl (C=O) groups excluding carboxylic acids is 3. The Bertz CT molecular complexity index is 1140. The Morgan fingerprint density at radius 1 is 1.16 bits per heavy atom. The third-order valence-electron chi connectivity index (χ3n) is 6.65. The zero-order valence-corrected chi connectivity index (χ0v) is 21.1. The number of pyridine rings is 1. The molecule has 2 aliphatic rings. The summed E-state index contributed by atoms with van der Waals surface area (Å²) in [5.74, 6) is -2.31. The van der Waals surface area contributed by atoms with Crippen molar-refractivity contribution in [3.8, 4) is 0 Å². The number of hydrogen-bond acceptors (Lipinski definition) is 5. The number of hydrogen-bond donors (Lipinski definition) is 2. The molecule has 1 saturated heterocycles. The van der Waals surface area contributed by atoms with E-state index in [2.05, 4.69) is 29.4 Å². The van der Waals surface area contributed by atoms with E-state index >= 15 is 0 Å². The molecule has 8 nitrogen and oxygen atoms in total. The topological polar surface area (TPSA) is 109 Å². The van der Waals surface area contributed by atoms with Crippen LogP contribution in [-0.4, -0.2) is 64.4 Å². The van der Waals surface area contributed by atoms with Gasteiger partial charge in [0.2, 0.25) is 5.91 Å². The molecule has 1 aliphatic heterocycles. The number of carbonyl (C=O) groups is 3. The lowest BCUT2D eigenvalue weighted by atomic mass is 10.0. The van der Waals surface area contributed by atoms with E-state index in [9.17, 15) is 27.6 Å². The van der Waals surface area contributed by atoms with Crippen molar-refractivity contribution in [2.75, 3.05) is 30.7 Å². The van der Waals surface area contributed by atoms with Gasteiger partial charge in [-0.3, -0.25) is 14.4 Å². The van der Waals surface area contributed by atoms with Crippen LogP contribution < -0.4 is 11.1 Å². The summed E-state index contributed by atoms with van der Waals surface area (Å²) in [4.78, 5) is 43.7. The van der Waals surface area contributed by atoms with Crippen molar-refractivity contribution in [2.24, 2.45) is 5.41 Å². The van der Waals surface area contributed by atoms with E-state index in [1.54, 1.807) is 13.0 Å². The maximum absolute atomic E-state index is 13.2. The van der Waals surface area contributed by atoms with Gasteiger partial charge in [-0.15, -0.1) is 0 Å². The summed E-state index contributed by atoms with van der Waals surface area (Å²) in [6.07, 6.45) is -3.06. The van der Waals surface area contributed by atoms with Gasteiger partial charge in [0.1, 0.15) is 11.2 Å². The highest BCUT2D eigenvalue weighted by molar-refractivity contribution is 6.39. The minimum absolute atomic E-state index is 0.0174. The number of halogens is 3. The number of alkyl halides is 3. The number of rotatable bonds is 3. The smallest absolute Gasteiger partial charge is 0.383 e. The maximum Gasteiger partial charge on any atom is 0.403 e. The molecule has 4 rings (SSSR count). The molecule has 3 N–H and O–H groups in total. The highest BCUT2D eigenvalue weighted by Gasteiger charge is 2.69. The lowest BCUT2D eigenvalue weighted by Gasteiger charge is -2.41. The first-order valence-electron chi connectivity index (χ1n) is 12.1. The van der Waals surface area contributed by atoms with E-state index in [1.807, 2.05) is 25.1 Å². The minimum atomic E-state index is -4.58. The van der Waals surface area contributed by atoms with Crippen molar-refractivity contribution in [2.45, 2.75) is 52.3 Å². The number of benzene rings is 1. The van der Waals surface area contributed by atoms with Crippen LogP contribution >= 0.6 is 0 Å². The highest BCUT2D eigenvalue weighted by Crippen LogP contribution is 2.58. The van der Waals surface area contributed by atoms with Gasteiger partial charge in [-0.1, -0.05) is 42.8 Å². The molecule has 1 aliphatic carbocycles. The monoisotopic (exact) mass is 519 g/mol. The average Bonchev–Trinajstić information content (AvgIpc) is 3.68. The summed E-state index contributed by atoms with van der Waals surface area (Å²) in [5.41, 5.74) is 5.80. The van der Waals surface area contributed by atoms with Gasteiger partial charge in [-0.25, -0.2) is 4.98 Å². The molecule has 11 heteroatoms. The second-order valence-electron chi connectivity index (χ2n) is 9.41. The number of nitrogen functional groups attached to an aromatic ring is 1. The predicted molar refractivity (Wildman–Crippen MR) is 133 cm³/mol. The molecule has 3 amide bonds. The van der Waals surface area contributed by atoms with E-state index in [0.717, 1.165) is 5.56 Å². The van der Waals surface area contributed by atoms with Crippen LogP contribution in [0.15, 0.2) is 42.6 Å². The van der Waals surface area contributed by atoms with E-state index < -0.39 is 35.4 Å². The molecule has 37 heavy (non-hydrogen) atoms. The molecule has 2 fully saturated rings. The lowest BCUT2D eigenvalue weighted by Crippen LogP contribution is -2.59. The summed E-state index contributed by atoms with van der Waals surface area (Å²) in [5, 5.41) is 2.47. The number of nitrogens with two attached hydrogens (primary N) is 1. The first kappa shape index (κ1) is 27.9. The molecule has 1 aromatic heterocycles. The van der Waals surface area contributed by atoms with Crippen molar-refractivity contribution in [1.82, 2.24) is 14.8 Å². The SMILES string of the molecule is CCc1cc(NC(=O)C(=O)N2CCN(C(=O)C3(C(F)(F)F)CC3)C(C)C2)cnc1N.Cc1ccccc1. The molecule has 0 bridgehead atoms. The van der Waals surface area contributed by atoms with Gasteiger partial charge in [-0.05, 0) is 44.7 Å². The second-order valence-corrected chi connectivity index (χ2v) is 9.41. The van der Waals surface area contributed by atoms with E-state index in [4.69, 9.17) is 5.73 Å². The Kier molecular flexibility index (Phi) is 8.45.